The molecule has 2 rings (SSSR count). The Bertz CT molecular complexity index is 720. The zero-order valence-electron chi connectivity index (χ0n) is 10.4. The highest BCUT2D eigenvalue weighted by atomic mass is 19.4. The molecular formula is C14H8F4N2O. The maximum atomic E-state index is 13.6. The van der Waals surface area contributed by atoms with Crippen LogP contribution in [0, 0.1) is 17.1 Å². The summed E-state index contributed by atoms with van der Waals surface area (Å²) >= 11 is 0. The van der Waals surface area contributed by atoms with E-state index in [2.05, 4.69) is 0 Å². The first-order valence-electron chi connectivity index (χ1n) is 5.65. The van der Waals surface area contributed by atoms with E-state index in [4.69, 9.17) is 15.7 Å². The van der Waals surface area contributed by atoms with E-state index < -0.39 is 23.2 Å². The van der Waals surface area contributed by atoms with E-state index in [1.807, 2.05) is 0 Å². The molecule has 0 bridgehead atoms. The second-order valence-electron chi connectivity index (χ2n) is 4.11. The molecule has 0 saturated heterocycles. The Hall–Kier alpha value is -2.75. The molecule has 7 heteroatoms. The number of hydrogen-bond donors (Lipinski definition) is 1. The SMILES string of the molecule is N#Cc1ccc(Oc2ccc(N)c(C(F)(F)F)c2)c(F)c1. The standard InChI is InChI=1S/C14H8F4N2O/c15-11-5-8(7-19)1-4-13(11)21-9-2-3-12(20)10(6-9)14(16,17)18/h1-6H,20H2. The van der Waals surface area contributed by atoms with Crippen LogP contribution in [0.15, 0.2) is 36.4 Å². The zero-order valence-corrected chi connectivity index (χ0v) is 10.4. The van der Waals surface area contributed by atoms with Crippen LogP contribution in [0.4, 0.5) is 23.2 Å². The van der Waals surface area contributed by atoms with Crippen molar-refractivity contribution in [2.75, 3.05) is 5.73 Å². The van der Waals surface area contributed by atoms with Gasteiger partial charge in [-0.15, -0.1) is 0 Å². The zero-order chi connectivity index (χ0) is 15.6. The molecule has 0 unspecified atom stereocenters. The Labute approximate surface area is 117 Å². The van der Waals surface area contributed by atoms with Crippen LogP contribution in [-0.4, -0.2) is 0 Å². The minimum Gasteiger partial charge on any atom is -0.454 e. The molecule has 0 aliphatic rings. The third-order valence-corrected chi connectivity index (χ3v) is 2.62. The quantitative estimate of drug-likeness (QED) is 0.670. The van der Waals surface area contributed by atoms with Crippen LogP contribution >= 0.6 is 0 Å². The van der Waals surface area contributed by atoms with Crippen LogP contribution in [0.2, 0.25) is 0 Å². The van der Waals surface area contributed by atoms with Crippen LogP contribution in [0.1, 0.15) is 11.1 Å². The molecule has 0 atom stereocenters. The van der Waals surface area contributed by atoms with Crippen LogP contribution in [0.3, 0.4) is 0 Å². The van der Waals surface area contributed by atoms with Crippen LogP contribution in [0.25, 0.3) is 0 Å². The predicted octanol–water partition coefficient (Wildman–Crippen LogP) is 4.09. The Morgan fingerprint density at radius 1 is 1.10 bits per heavy atom. The van der Waals surface area contributed by atoms with Gasteiger partial charge in [-0.3, -0.25) is 0 Å². The number of nitriles is 1. The number of alkyl halides is 3. The summed E-state index contributed by atoms with van der Waals surface area (Å²) < 4.78 is 56.8. The molecule has 0 aromatic heterocycles. The number of benzene rings is 2. The molecule has 0 saturated carbocycles. The summed E-state index contributed by atoms with van der Waals surface area (Å²) in [6, 6.07) is 8.03. The van der Waals surface area contributed by atoms with Gasteiger partial charge in [-0.05, 0) is 36.4 Å². The molecule has 21 heavy (non-hydrogen) atoms. The van der Waals surface area contributed by atoms with Gasteiger partial charge >= 0.3 is 6.18 Å². The number of nitrogens with two attached hydrogens (primary N) is 1. The number of ether oxygens (including phenoxy) is 1. The lowest BCUT2D eigenvalue weighted by Gasteiger charge is -2.12. The fourth-order valence-corrected chi connectivity index (χ4v) is 1.62. The lowest BCUT2D eigenvalue weighted by Crippen LogP contribution is -2.08. The van der Waals surface area contributed by atoms with Crippen molar-refractivity contribution in [2.24, 2.45) is 0 Å². The lowest BCUT2D eigenvalue weighted by molar-refractivity contribution is -0.137. The normalized spacial score (nSPS) is 11.0. The predicted molar refractivity (Wildman–Crippen MR) is 67.0 cm³/mol. The molecular weight excluding hydrogens is 288 g/mol. The largest absolute Gasteiger partial charge is 0.454 e. The van der Waals surface area contributed by atoms with Gasteiger partial charge in [0.05, 0.1) is 17.2 Å². The third-order valence-electron chi connectivity index (χ3n) is 2.62. The summed E-state index contributed by atoms with van der Waals surface area (Å²) in [6.45, 7) is 0. The van der Waals surface area contributed by atoms with Gasteiger partial charge in [0.15, 0.2) is 11.6 Å². The molecule has 0 amide bonds. The van der Waals surface area contributed by atoms with Crippen molar-refractivity contribution in [3.05, 3.63) is 53.3 Å². The number of nitrogens with zero attached hydrogens (tertiary/aromatic N) is 1. The highest BCUT2D eigenvalue weighted by Gasteiger charge is 2.33. The van der Waals surface area contributed by atoms with E-state index >= 15 is 0 Å². The second-order valence-corrected chi connectivity index (χ2v) is 4.11. The minimum absolute atomic E-state index is 0.0770. The summed E-state index contributed by atoms with van der Waals surface area (Å²) in [5.74, 6) is -1.34. The maximum Gasteiger partial charge on any atom is 0.418 e. The van der Waals surface area contributed by atoms with Crippen LogP contribution in [0.5, 0.6) is 11.5 Å². The first kappa shape index (κ1) is 14.7. The molecule has 108 valence electrons. The van der Waals surface area contributed by atoms with E-state index in [0.717, 1.165) is 18.2 Å². The van der Waals surface area contributed by atoms with Crippen molar-refractivity contribution in [3.8, 4) is 17.6 Å². The molecule has 0 aliphatic carbocycles. The number of anilines is 1. The highest BCUT2D eigenvalue weighted by Crippen LogP contribution is 2.37. The molecule has 0 spiro atoms. The molecule has 3 nitrogen and oxygen atoms in total. The Balaban J connectivity index is 2.35. The van der Waals surface area contributed by atoms with Gasteiger partial charge in [0.2, 0.25) is 0 Å². The van der Waals surface area contributed by atoms with E-state index in [9.17, 15) is 17.6 Å². The molecule has 0 fully saturated rings. The van der Waals surface area contributed by atoms with Crippen molar-refractivity contribution >= 4 is 5.69 Å². The Kier molecular flexibility index (Phi) is 3.72. The summed E-state index contributed by atoms with van der Waals surface area (Å²) in [5.41, 5.74) is 3.82. The van der Waals surface area contributed by atoms with Gasteiger partial charge in [-0.1, -0.05) is 0 Å². The fraction of sp³-hybridized carbons (Fsp3) is 0.0714. The van der Waals surface area contributed by atoms with E-state index in [1.54, 1.807) is 6.07 Å². The molecule has 0 aliphatic heterocycles. The molecule has 2 N–H and O–H groups in total. The first-order chi connectivity index (χ1) is 9.81. The monoisotopic (exact) mass is 296 g/mol. The number of nitrogen functional groups attached to an aromatic ring is 1. The smallest absolute Gasteiger partial charge is 0.418 e. The van der Waals surface area contributed by atoms with Gasteiger partial charge in [0, 0.05) is 5.69 Å². The van der Waals surface area contributed by atoms with Crippen molar-refractivity contribution in [1.29, 1.82) is 5.26 Å². The Morgan fingerprint density at radius 3 is 2.38 bits per heavy atom. The number of rotatable bonds is 2. The van der Waals surface area contributed by atoms with Crippen molar-refractivity contribution < 1.29 is 22.3 Å². The van der Waals surface area contributed by atoms with E-state index in [0.29, 0.717) is 6.07 Å². The molecule has 2 aromatic carbocycles. The van der Waals surface area contributed by atoms with Gasteiger partial charge in [-0.2, -0.15) is 18.4 Å². The summed E-state index contributed by atoms with van der Waals surface area (Å²) in [4.78, 5) is 0. The van der Waals surface area contributed by atoms with Gasteiger partial charge in [0.25, 0.3) is 0 Å². The van der Waals surface area contributed by atoms with Crippen LogP contribution < -0.4 is 10.5 Å². The van der Waals surface area contributed by atoms with E-state index in [1.165, 1.54) is 12.1 Å². The minimum atomic E-state index is -4.63. The van der Waals surface area contributed by atoms with Crippen molar-refractivity contribution in [3.63, 3.8) is 0 Å². The average molecular weight is 296 g/mol. The lowest BCUT2D eigenvalue weighted by atomic mass is 10.1. The number of hydrogen-bond acceptors (Lipinski definition) is 3. The maximum absolute atomic E-state index is 13.6. The Morgan fingerprint density at radius 2 is 1.81 bits per heavy atom. The topological polar surface area (TPSA) is 59.0 Å². The summed E-state index contributed by atoms with van der Waals surface area (Å²) in [5, 5.41) is 8.60. The average Bonchev–Trinajstić information content (AvgIpc) is 2.41. The van der Waals surface area contributed by atoms with Gasteiger partial charge in [0.1, 0.15) is 5.75 Å². The first-order valence-corrected chi connectivity index (χ1v) is 5.65. The van der Waals surface area contributed by atoms with Crippen molar-refractivity contribution in [1.82, 2.24) is 0 Å². The molecule has 2 aromatic rings. The summed E-state index contributed by atoms with van der Waals surface area (Å²) in [7, 11) is 0. The second kappa shape index (κ2) is 5.32. The number of halogens is 4. The summed E-state index contributed by atoms with van der Waals surface area (Å²) in [6.07, 6.45) is -4.63. The van der Waals surface area contributed by atoms with Gasteiger partial charge in [-0.25, -0.2) is 4.39 Å². The molecule has 0 heterocycles. The van der Waals surface area contributed by atoms with Crippen LogP contribution in [-0.2, 0) is 6.18 Å². The van der Waals surface area contributed by atoms with Gasteiger partial charge < -0.3 is 10.5 Å². The fourth-order valence-electron chi connectivity index (χ4n) is 1.62. The highest BCUT2D eigenvalue weighted by molar-refractivity contribution is 5.52. The van der Waals surface area contributed by atoms with Crippen molar-refractivity contribution in [2.45, 2.75) is 6.18 Å². The van der Waals surface area contributed by atoms with E-state index in [-0.39, 0.29) is 17.1 Å². The third kappa shape index (κ3) is 3.23. The molecule has 0 radical (unpaired) electrons.